The molecule has 1 aromatic carbocycles. The zero-order valence-electron chi connectivity index (χ0n) is 14.6. The van der Waals surface area contributed by atoms with Gasteiger partial charge in [0, 0.05) is 17.8 Å². The SMILES string of the molecule is COc1cc(CC[C@@H](C)NS(=O)(=O)C2=NCc3ncccc32)ccc1O. The highest BCUT2D eigenvalue weighted by Crippen LogP contribution is 2.27. The van der Waals surface area contributed by atoms with Gasteiger partial charge in [-0.2, -0.15) is 0 Å². The number of pyridine rings is 1. The second-order valence-electron chi connectivity index (χ2n) is 6.19. The average molecular weight is 375 g/mol. The molecule has 0 bridgehead atoms. The quantitative estimate of drug-likeness (QED) is 0.804. The van der Waals surface area contributed by atoms with Gasteiger partial charge < -0.3 is 9.84 Å². The van der Waals surface area contributed by atoms with E-state index in [9.17, 15) is 13.5 Å². The molecule has 0 fully saturated rings. The molecule has 0 radical (unpaired) electrons. The molecule has 1 aliphatic heterocycles. The zero-order chi connectivity index (χ0) is 18.7. The van der Waals surface area contributed by atoms with Crippen LogP contribution in [0.1, 0.15) is 30.2 Å². The van der Waals surface area contributed by atoms with Crippen LogP contribution in [0.25, 0.3) is 0 Å². The fourth-order valence-electron chi connectivity index (χ4n) is 2.86. The van der Waals surface area contributed by atoms with Crippen LogP contribution in [0.3, 0.4) is 0 Å². The molecule has 0 spiro atoms. The molecule has 7 nitrogen and oxygen atoms in total. The van der Waals surface area contributed by atoms with E-state index in [0.29, 0.717) is 29.8 Å². The monoisotopic (exact) mass is 375 g/mol. The van der Waals surface area contributed by atoms with Gasteiger partial charge in [-0.15, -0.1) is 0 Å². The fraction of sp³-hybridized carbons (Fsp3) is 0.333. The molecule has 0 saturated carbocycles. The van der Waals surface area contributed by atoms with Crippen molar-refractivity contribution in [3.8, 4) is 11.5 Å². The Kier molecular flexibility index (Phi) is 5.24. The summed E-state index contributed by atoms with van der Waals surface area (Å²) in [6.07, 6.45) is 2.87. The van der Waals surface area contributed by atoms with E-state index in [0.717, 1.165) is 5.56 Å². The highest BCUT2D eigenvalue weighted by atomic mass is 32.2. The number of ether oxygens (including phenoxy) is 1. The third-order valence-corrected chi connectivity index (χ3v) is 5.78. The molecule has 0 saturated heterocycles. The minimum Gasteiger partial charge on any atom is -0.504 e. The molecule has 2 N–H and O–H groups in total. The van der Waals surface area contributed by atoms with Gasteiger partial charge in [-0.05, 0) is 49.6 Å². The number of sulfonamides is 1. The molecule has 1 aromatic heterocycles. The Bertz CT molecular complexity index is 941. The summed E-state index contributed by atoms with van der Waals surface area (Å²) >= 11 is 0. The Morgan fingerprint density at radius 2 is 2.15 bits per heavy atom. The normalized spacial score (nSPS) is 14.6. The van der Waals surface area contributed by atoms with Crippen LogP contribution in [0, 0.1) is 0 Å². The molecule has 2 aromatic rings. The number of hydrogen-bond acceptors (Lipinski definition) is 6. The lowest BCUT2D eigenvalue weighted by atomic mass is 10.1. The first-order valence-corrected chi connectivity index (χ1v) is 9.76. The Hall–Kier alpha value is -2.45. The summed E-state index contributed by atoms with van der Waals surface area (Å²) in [6, 6.07) is 8.27. The summed E-state index contributed by atoms with van der Waals surface area (Å²) in [5.74, 6) is 0.483. The summed E-state index contributed by atoms with van der Waals surface area (Å²) < 4.78 is 33.1. The van der Waals surface area contributed by atoms with Crippen molar-refractivity contribution in [2.45, 2.75) is 32.4 Å². The van der Waals surface area contributed by atoms with Crippen molar-refractivity contribution in [3.63, 3.8) is 0 Å². The first kappa shape index (κ1) is 18.3. The van der Waals surface area contributed by atoms with Crippen LogP contribution in [0.2, 0.25) is 0 Å². The van der Waals surface area contributed by atoms with Crippen LogP contribution < -0.4 is 9.46 Å². The number of nitrogens with one attached hydrogen (secondary N) is 1. The summed E-state index contributed by atoms with van der Waals surface area (Å²) in [5.41, 5.74) is 2.20. The predicted molar refractivity (Wildman–Crippen MR) is 99.0 cm³/mol. The predicted octanol–water partition coefficient (Wildman–Crippen LogP) is 2.00. The minimum absolute atomic E-state index is 0.0544. The summed E-state index contributed by atoms with van der Waals surface area (Å²) in [5, 5.41) is 9.69. The lowest BCUT2D eigenvalue weighted by Crippen LogP contribution is -2.37. The van der Waals surface area contributed by atoms with Crippen molar-refractivity contribution >= 4 is 15.1 Å². The number of rotatable bonds is 6. The zero-order valence-corrected chi connectivity index (χ0v) is 15.5. The van der Waals surface area contributed by atoms with Gasteiger partial charge in [0.05, 0.1) is 19.3 Å². The number of nitrogens with zero attached hydrogens (tertiary/aromatic N) is 2. The molecule has 0 aliphatic carbocycles. The maximum absolute atomic E-state index is 12.6. The van der Waals surface area contributed by atoms with Crippen LogP contribution in [0.15, 0.2) is 41.5 Å². The van der Waals surface area contributed by atoms with E-state index in [4.69, 9.17) is 4.74 Å². The van der Waals surface area contributed by atoms with E-state index >= 15 is 0 Å². The Morgan fingerprint density at radius 3 is 2.92 bits per heavy atom. The number of phenolic OH excluding ortho intramolecular Hbond substituents is 1. The smallest absolute Gasteiger partial charge is 0.258 e. The van der Waals surface area contributed by atoms with Crippen LogP contribution in [-0.4, -0.2) is 36.7 Å². The molecule has 8 heteroatoms. The number of hydrogen-bond donors (Lipinski definition) is 2. The summed E-state index contributed by atoms with van der Waals surface area (Å²) in [4.78, 5) is 8.30. The largest absolute Gasteiger partial charge is 0.504 e. The van der Waals surface area contributed by atoms with Gasteiger partial charge in [0.25, 0.3) is 10.0 Å². The number of aromatic hydroxyl groups is 1. The second-order valence-corrected chi connectivity index (χ2v) is 7.82. The van der Waals surface area contributed by atoms with Gasteiger partial charge in [-0.1, -0.05) is 6.07 Å². The van der Waals surface area contributed by atoms with E-state index in [2.05, 4.69) is 14.7 Å². The lowest BCUT2D eigenvalue weighted by molar-refractivity contribution is 0.373. The fourth-order valence-corrected chi connectivity index (χ4v) is 4.33. The third-order valence-electron chi connectivity index (χ3n) is 4.21. The van der Waals surface area contributed by atoms with Crippen LogP contribution >= 0.6 is 0 Å². The summed E-state index contributed by atoms with van der Waals surface area (Å²) in [6.45, 7) is 2.10. The molecular weight excluding hydrogens is 354 g/mol. The topological polar surface area (TPSA) is 101 Å². The molecule has 0 unspecified atom stereocenters. The van der Waals surface area contributed by atoms with Crippen molar-refractivity contribution in [1.29, 1.82) is 0 Å². The van der Waals surface area contributed by atoms with Crippen molar-refractivity contribution in [2.75, 3.05) is 7.11 Å². The van der Waals surface area contributed by atoms with Gasteiger partial charge in [0.1, 0.15) is 0 Å². The van der Waals surface area contributed by atoms with E-state index in [1.807, 2.05) is 6.92 Å². The maximum Gasteiger partial charge on any atom is 0.258 e. The standard InChI is InChI=1S/C18H21N3O4S/c1-12(5-6-13-7-8-16(22)17(10-13)25-2)21-26(23,24)18-14-4-3-9-19-15(14)11-20-18/h3-4,7-10,12,21-22H,5-6,11H2,1-2H3/t12-/m1/s1. The summed E-state index contributed by atoms with van der Waals surface area (Å²) in [7, 11) is -2.21. The van der Waals surface area contributed by atoms with Crippen LogP contribution in [0.4, 0.5) is 0 Å². The van der Waals surface area contributed by atoms with Gasteiger partial charge in [0.2, 0.25) is 0 Å². The first-order valence-electron chi connectivity index (χ1n) is 8.27. The average Bonchev–Trinajstić information content (AvgIpc) is 3.05. The van der Waals surface area contributed by atoms with Crippen molar-refractivity contribution in [1.82, 2.24) is 9.71 Å². The second kappa shape index (κ2) is 7.43. The lowest BCUT2D eigenvalue weighted by Gasteiger charge is -2.15. The van der Waals surface area contributed by atoms with Gasteiger partial charge >= 0.3 is 0 Å². The van der Waals surface area contributed by atoms with Gasteiger partial charge in [-0.25, -0.2) is 13.1 Å². The molecule has 2 heterocycles. The highest BCUT2D eigenvalue weighted by molar-refractivity contribution is 8.05. The van der Waals surface area contributed by atoms with Crippen LogP contribution in [0.5, 0.6) is 11.5 Å². The van der Waals surface area contributed by atoms with Crippen molar-refractivity contribution in [3.05, 3.63) is 53.3 Å². The molecule has 138 valence electrons. The number of methoxy groups -OCH3 is 1. The first-order chi connectivity index (χ1) is 12.4. The number of aryl methyl sites for hydroxylation is 1. The van der Waals surface area contributed by atoms with Crippen molar-refractivity contribution < 1.29 is 18.3 Å². The molecule has 26 heavy (non-hydrogen) atoms. The van der Waals surface area contributed by atoms with E-state index < -0.39 is 10.0 Å². The minimum atomic E-state index is -3.70. The van der Waals surface area contributed by atoms with E-state index in [1.165, 1.54) is 7.11 Å². The van der Waals surface area contributed by atoms with Crippen LogP contribution in [-0.2, 0) is 23.0 Å². The van der Waals surface area contributed by atoms with Gasteiger partial charge in [0.15, 0.2) is 16.5 Å². The Labute approximate surface area is 152 Å². The molecule has 1 atom stereocenters. The number of phenols is 1. The number of fused-ring (bicyclic) bond motifs is 1. The maximum atomic E-state index is 12.6. The Morgan fingerprint density at radius 1 is 1.35 bits per heavy atom. The number of benzene rings is 1. The van der Waals surface area contributed by atoms with E-state index in [1.54, 1.807) is 36.5 Å². The molecular formula is C18H21N3O4S. The molecule has 1 aliphatic rings. The number of aromatic nitrogens is 1. The molecule has 3 rings (SSSR count). The highest BCUT2D eigenvalue weighted by Gasteiger charge is 2.29. The third kappa shape index (κ3) is 3.86. The number of aliphatic imine (C=N–C) groups is 1. The Balaban J connectivity index is 1.64. The van der Waals surface area contributed by atoms with Crippen molar-refractivity contribution in [2.24, 2.45) is 4.99 Å². The van der Waals surface area contributed by atoms with Gasteiger partial charge in [-0.3, -0.25) is 9.98 Å². The molecule has 0 amide bonds. The van der Waals surface area contributed by atoms with E-state index in [-0.39, 0.29) is 23.4 Å².